The first-order chi connectivity index (χ1) is 6.34. The molecule has 13 heavy (non-hydrogen) atoms. The van der Waals surface area contributed by atoms with E-state index in [9.17, 15) is 4.79 Å². The van der Waals surface area contributed by atoms with Crippen molar-refractivity contribution in [3.63, 3.8) is 0 Å². The van der Waals surface area contributed by atoms with Gasteiger partial charge in [-0.1, -0.05) is 12.3 Å². The van der Waals surface area contributed by atoms with E-state index in [1.807, 2.05) is 0 Å². The van der Waals surface area contributed by atoms with Crippen molar-refractivity contribution in [3.05, 3.63) is 0 Å². The highest BCUT2D eigenvalue weighted by Crippen LogP contribution is 2.57. The number of terminal acetylenes is 1. The minimum atomic E-state index is 0.0185. The molecule has 0 spiro atoms. The summed E-state index contributed by atoms with van der Waals surface area (Å²) in [5.41, 5.74) is 2.39. The van der Waals surface area contributed by atoms with Crippen molar-refractivity contribution in [2.24, 2.45) is 17.8 Å². The number of carbonyl (C=O) groups is 1. The molecule has 0 aromatic carbocycles. The third-order valence-corrected chi connectivity index (χ3v) is 3.04. The molecule has 3 nitrogen and oxygen atoms in total. The number of hydrogen-bond donors (Lipinski definition) is 1. The maximum Gasteiger partial charge on any atom is 0.247 e. The lowest BCUT2D eigenvalue weighted by Crippen LogP contribution is -2.27. The molecule has 0 saturated heterocycles. The molecule has 0 aromatic heterocycles. The maximum atomic E-state index is 11.4. The van der Waals surface area contributed by atoms with Crippen molar-refractivity contribution in [1.82, 2.24) is 5.48 Å². The maximum absolute atomic E-state index is 11.4. The van der Waals surface area contributed by atoms with Gasteiger partial charge in [0.2, 0.25) is 5.91 Å². The summed E-state index contributed by atoms with van der Waals surface area (Å²) in [6, 6.07) is 0. The van der Waals surface area contributed by atoms with Gasteiger partial charge in [0.25, 0.3) is 0 Å². The smallest absolute Gasteiger partial charge is 0.247 e. The van der Waals surface area contributed by atoms with Crippen LogP contribution in [-0.4, -0.2) is 12.5 Å². The molecule has 0 radical (unpaired) electrons. The first-order valence-electron chi connectivity index (χ1n) is 4.69. The van der Waals surface area contributed by atoms with Gasteiger partial charge in [-0.25, -0.2) is 5.48 Å². The monoisotopic (exact) mass is 179 g/mol. The van der Waals surface area contributed by atoms with Crippen LogP contribution in [0.5, 0.6) is 0 Å². The minimum Gasteiger partial charge on any atom is -0.272 e. The molecule has 2 saturated carbocycles. The minimum absolute atomic E-state index is 0.0185. The highest BCUT2D eigenvalue weighted by molar-refractivity contribution is 5.81. The van der Waals surface area contributed by atoms with Gasteiger partial charge >= 0.3 is 0 Å². The fraction of sp³-hybridized carbons (Fsp3) is 0.700. The van der Waals surface area contributed by atoms with Crippen LogP contribution in [0.4, 0.5) is 0 Å². The Balaban J connectivity index is 1.71. The summed E-state index contributed by atoms with van der Waals surface area (Å²) >= 11 is 0. The Labute approximate surface area is 77.8 Å². The SMILES string of the molecule is C#CCONC(=O)C1C2CCCC21. The number of nitrogens with one attached hydrogen (secondary N) is 1. The molecular formula is C10H13NO2. The summed E-state index contributed by atoms with van der Waals surface area (Å²) in [6.07, 6.45) is 8.67. The first-order valence-corrected chi connectivity index (χ1v) is 4.69. The number of rotatable bonds is 3. The Kier molecular flexibility index (Phi) is 2.24. The Bertz CT molecular complexity index is 246. The second-order valence-corrected chi connectivity index (χ2v) is 3.74. The summed E-state index contributed by atoms with van der Waals surface area (Å²) in [6.45, 7) is 0.147. The van der Waals surface area contributed by atoms with Crippen LogP contribution in [0.3, 0.4) is 0 Å². The van der Waals surface area contributed by atoms with Crippen LogP contribution in [-0.2, 0) is 9.63 Å². The molecule has 2 atom stereocenters. The Morgan fingerprint density at radius 1 is 1.54 bits per heavy atom. The van der Waals surface area contributed by atoms with E-state index in [2.05, 4.69) is 11.4 Å². The molecule has 0 aliphatic heterocycles. The van der Waals surface area contributed by atoms with Gasteiger partial charge in [0.1, 0.15) is 6.61 Å². The highest BCUT2D eigenvalue weighted by Gasteiger charge is 2.56. The third-order valence-electron chi connectivity index (χ3n) is 3.04. The van der Waals surface area contributed by atoms with Crippen molar-refractivity contribution in [1.29, 1.82) is 0 Å². The van der Waals surface area contributed by atoms with Crippen LogP contribution in [0.15, 0.2) is 0 Å². The van der Waals surface area contributed by atoms with Crippen LogP contribution in [0, 0.1) is 30.1 Å². The van der Waals surface area contributed by atoms with Gasteiger partial charge in [-0.15, -0.1) is 6.42 Å². The highest BCUT2D eigenvalue weighted by atomic mass is 16.6. The van der Waals surface area contributed by atoms with Crippen LogP contribution in [0.1, 0.15) is 19.3 Å². The lowest BCUT2D eigenvalue weighted by atomic mass is 10.1. The van der Waals surface area contributed by atoms with E-state index in [0.717, 1.165) is 0 Å². The predicted octanol–water partition coefficient (Wildman–Crippen LogP) is 0.714. The summed E-state index contributed by atoms with van der Waals surface area (Å²) in [5.74, 6) is 3.80. The zero-order chi connectivity index (χ0) is 9.26. The lowest BCUT2D eigenvalue weighted by Gasteiger charge is -2.03. The van der Waals surface area contributed by atoms with Crippen molar-refractivity contribution < 1.29 is 9.63 Å². The molecule has 70 valence electrons. The number of fused-ring (bicyclic) bond motifs is 1. The third kappa shape index (κ3) is 1.54. The summed E-state index contributed by atoms with van der Waals surface area (Å²) in [5, 5.41) is 0. The summed E-state index contributed by atoms with van der Waals surface area (Å²) < 4.78 is 0. The topological polar surface area (TPSA) is 38.3 Å². The first kappa shape index (κ1) is 8.58. The van der Waals surface area contributed by atoms with E-state index in [1.165, 1.54) is 19.3 Å². The predicted molar refractivity (Wildman–Crippen MR) is 47.2 cm³/mol. The van der Waals surface area contributed by atoms with E-state index in [-0.39, 0.29) is 18.4 Å². The standard InChI is InChI=1S/C10H13NO2/c1-2-6-13-11-10(12)9-7-4-3-5-8(7)9/h1,7-9H,3-6H2,(H,11,12). The van der Waals surface area contributed by atoms with E-state index in [1.54, 1.807) is 0 Å². The lowest BCUT2D eigenvalue weighted by molar-refractivity contribution is -0.134. The van der Waals surface area contributed by atoms with Crippen LogP contribution in [0.25, 0.3) is 0 Å². The average molecular weight is 179 g/mol. The Morgan fingerprint density at radius 3 is 2.85 bits per heavy atom. The van der Waals surface area contributed by atoms with Gasteiger partial charge in [0.05, 0.1) is 0 Å². The molecule has 0 aromatic rings. The number of carbonyl (C=O) groups excluding carboxylic acids is 1. The van der Waals surface area contributed by atoms with Crippen LogP contribution >= 0.6 is 0 Å². The average Bonchev–Trinajstić information content (AvgIpc) is 2.61. The second-order valence-electron chi connectivity index (χ2n) is 3.74. The van der Waals surface area contributed by atoms with Gasteiger partial charge < -0.3 is 0 Å². The molecule has 1 N–H and O–H groups in total. The molecule has 3 heteroatoms. The molecule has 2 aliphatic rings. The number of amides is 1. The normalized spacial score (nSPS) is 34.8. The largest absolute Gasteiger partial charge is 0.272 e. The number of hydroxylamine groups is 1. The van der Waals surface area contributed by atoms with Crippen molar-refractivity contribution in [3.8, 4) is 12.3 Å². The molecule has 2 unspecified atom stereocenters. The van der Waals surface area contributed by atoms with Crippen LogP contribution in [0.2, 0.25) is 0 Å². The zero-order valence-electron chi connectivity index (χ0n) is 7.45. The molecule has 2 aliphatic carbocycles. The Hall–Kier alpha value is -1.01. The van der Waals surface area contributed by atoms with Crippen molar-refractivity contribution in [2.45, 2.75) is 19.3 Å². The van der Waals surface area contributed by atoms with E-state index in [4.69, 9.17) is 11.3 Å². The van der Waals surface area contributed by atoms with Gasteiger partial charge in [-0.2, -0.15) is 0 Å². The molecular weight excluding hydrogens is 166 g/mol. The quantitative estimate of drug-likeness (QED) is 0.394. The fourth-order valence-corrected chi connectivity index (χ4v) is 2.43. The van der Waals surface area contributed by atoms with E-state index in [0.29, 0.717) is 11.8 Å². The van der Waals surface area contributed by atoms with Gasteiger partial charge in [-0.05, 0) is 24.7 Å². The molecule has 2 fully saturated rings. The zero-order valence-corrected chi connectivity index (χ0v) is 7.45. The van der Waals surface area contributed by atoms with E-state index < -0.39 is 0 Å². The van der Waals surface area contributed by atoms with Crippen molar-refractivity contribution >= 4 is 5.91 Å². The van der Waals surface area contributed by atoms with Gasteiger partial charge in [-0.3, -0.25) is 9.63 Å². The van der Waals surface area contributed by atoms with Gasteiger partial charge in [0.15, 0.2) is 0 Å². The molecule has 0 bridgehead atoms. The Morgan fingerprint density at radius 2 is 2.23 bits per heavy atom. The van der Waals surface area contributed by atoms with E-state index >= 15 is 0 Å². The van der Waals surface area contributed by atoms with Crippen molar-refractivity contribution in [2.75, 3.05) is 6.61 Å². The van der Waals surface area contributed by atoms with Crippen LogP contribution < -0.4 is 5.48 Å². The molecule has 0 heterocycles. The molecule has 1 amide bonds. The van der Waals surface area contributed by atoms with Gasteiger partial charge in [0, 0.05) is 5.92 Å². The summed E-state index contributed by atoms with van der Waals surface area (Å²) in [7, 11) is 0. The fourth-order valence-electron chi connectivity index (χ4n) is 2.43. The summed E-state index contributed by atoms with van der Waals surface area (Å²) in [4.78, 5) is 16.2. The molecule has 2 rings (SSSR count). The number of hydrogen-bond acceptors (Lipinski definition) is 2. The second kappa shape index (κ2) is 3.39.